The summed E-state index contributed by atoms with van der Waals surface area (Å²) >= 11 is 11.3. The van der Waals surface area contributed by atoms with Gasteiger partial charge < -0.3 is 5.11 Å². The van der Waals surface area contributed by atoms with Gasteiger partial charge >= 0.3 is 5.97 Å². The lowest BCUT2D eigenvalue weighted by atomic mass is 10.1. The second-order valence-corrected chi connectivity index (χ2v) is 3.59. The molecule has 0 unspecified atom stereocenters. The van der Waals surface area contributed by atoms with Crippen LogP contribution in [-0.4, -0.2) is 16.0 Å². The van der Waals surface area contributed by atoms with Gasteiger partial charge in [-0.2, -0.15) is 0 Å². The minimum absolute atomic E-state index is 0.0125. The number of hydrogen-bond acceptors (Lipinski definition) is 3. The third kappa shape index (κ3) is 2.95. The Hall–Kier alpha value is -1.59. The molecule has 1 N–H and O–H groups in total. The molecule has 1 rings (SSSR count). The van der Waals surface area contributed by atoms with Gasteiger partial charge in [0, 0.05) is 17.2 Å². The number of carboxylic acids is 1. The Labute approximate surface area is 100 Å². The van der Waals surface area contributed by atoms with Crippen molar-refractivity contribution in [2.75, 3.05) is 0 Å². The van der Waals surface area contributed by atoms with Crippen LogP contribution in [0.25, 0.3) is 6.08 Å². The van der Waals surface area contributed by atoms with Gasteiger partial charge in [-0.25, -0.2) is 4.79 Å². The second kappa shape index (κ2) is 4.96. The van der Waals surface area contributed by atoms with Crippen molar-refractivity contribution in [3.8, 4) is 0 Å². The molecule has 0 aromatic heterocycles. The zero-order valence-electron chi connectivity index (χ0n) is 7.68. The summed E-state index contributed by atoms with van der Waals surface area (Å²) in [7, 11) is 0. The van der Waals surface area contributed by atoms with Crippen molar-refractivity contribution in [3.63, 3.8) is 0 Å². The molecule has 0 fully saturated rings. The maximum atomic E-state index is 10.7. The molecule has 1 aromatic rings. The molecule has 0 aliphatic heterocycles. The average Bonchev–Trinajstić information content (AvgIpc) is 2.14. The van der Waals surface area contributed by atoms with Crippen molar-refractivity contribution >= 4 is 40.9 Å². The number of rotatable bonds is 3. The fourth-order valence-electron chi connectivity index (χ4n) is 1.04. The van der Waals surface area contributed by atoms with E-state index in [1.807, 2.05) is 0 Å². The molecule has 0 radical (unpaired) electrons. The van der Waals surface area contributed by atoms with Crippen molar-refractivity contribution in [1.82, 2.24) is 0 Å². The predicted molar refractivity (Wildman–Crippen MR) is 59.8 cm³/mol. The molecule has 0 atom stereocenters. The first-order valence-electron chi connectivity index (χ1n) is 3.96. The van der Waals surface area contributed by atoms with Gasteiger partial charge in [-0.15, -0.1) is 0 Å². The number of carbonyl (C=O) groups is 1. The average molecular weight is 262 g/mol. The standard InChI is InChI=1S/C9H5Cl2NO4/c10-5-3-7(11)6(1-2-9(13)14)8(4-5)12(15)16/h1-4H,(H,13,14)/b2-1+. The van der Waals surface area contributed by atoms with E-state index in [2.05, 4.69) is 0 Å². The van der Waals surface area contributed by atoms with Crippen LogP contribution in [0.15, 0.2) is 18.2 Å². The van der Waals surface area contributed by atoms with Crippen LogP contribution in [0.3, 0.4) is 0 Å². The minimum Gasteiger partial charge on any atom is -0.478 e. The van der Waals surface area contributed by atoms with Crippen LogP contribution in [0, 0.1) is 10.1 Å². The lowest BCUT2D eigenvalue weighted by molar-refractivity contribution is -0.385. The smallest absolute Gasteiger partial charge is 0.328 e. The zero-order valence-corrected chi connectivity index (χ0v) is 9.20. The summed E-state index contributed by atoms with van der Waals surface area (Å²) < 4.78 is 0. The highest BCUT2D eigenvalue weighted by atomic mass is 35.5. The third-order valence-corrected chi connectivity index (χ3v) is 2.19. The maximum absolute atomic E-state index is 10.7. The molecule has 0 spiro atoms. The minimum atomic E-state index is -1.22. The lowest BCUT2D eigenvalue weighted by Gasteiger charge is -2.01. The molecule has 0 amide bonds. The summed E-state index contributed by atoms with van der Waals surface area (Å²) in [6, 6.07) is 2.41. The summed E-state index contributed by atoms with van der Waals surface area (Å²) in [5.41, 5.74) is -0.325. The molecule has 0 aliphatic carbocycles. The van der Waals surface area contributed by atoms with E-state index < -0.39 is 10.9 Å². The van der Waals surface area contributed by atoms with E-state index in [0.717, 1.165) is 18.2 Å². The first kappa shape index (κ1) is 12.5. The number of carboxylic acid groups (broad SMARTS) is 1. The summed E-state index contributed by atoms with van der Waals surface area (Å²) in [6.45, 7) is 0. The van der Waals surface area contributed by atoms with Gasteiger partial charge in [0.1, 0.15) is 0 Å². The first-order chi connectivity index (χ1) is 7.41. The summed E-state index contributed by atoms with van der Waals surface area (Å²) in [6.07, 6.45) is 1.82. The number of hydrogen-bond donors (Lipinski definition) is 1. The topological polar surface area (TPSA) is 80.4 Å². The van der Waals surface area contributed by atoms with Gasteiger partial charge in [-0.3, -0.25) is 10.1 Å². The molecule has 0 heterocycles. The van der Waals surface area contributed by atoms with Gasteiger partial charge in [0.2, 0.25) is 0 Å². The first-order valence-corrected chi connectivity index (χ1v) is 4.72. The van der Waals surface area contributed by atoms with Crippen LogP contribution in [0.4, 0.5) is 5.69 Å². The number of nitro groups is 1. The normalized spacial score (nSPS) is 10.6. The molecular formula is C9H5Cl2NO4. The summed E-state index contributed by atoms with van der Waals surface area (Å²) in [4.78, 5) is 20.3. The van der Waals surface area contributed by atoms with Gasteiger partial charge in [-0.05, 0) is 12.1 Å². The Bertz CT molecular complexity index is 485. The Morgan fingerprint density at radius 3 is 2.56 bits per heavy atom. The van der Waals surface area contributed by atoms with Crippen LogP contribution in [-0.2, 0) is 4.79 Å². The Kier molecular flexibility index (Phi) is 3.87. The van der Waals surface area contributed by atoms with E-state index in [0.29, 0.717) is 0 Å². The van der Waals surface area contributed by atoms with Crippen molar-refractivity contribution in [2.45, 2.75) is 0 Å². The van der Waals surface area contributed by atoms with Crippen LogP contribution in [0.5, 0.6) is 0 Å². The van der Waals surface area contributed by atoms with Crippen LogP contribution >= 0.6 is 23.2 Å². The monoisotopic (exact) mass is 261 g/mol. The number of halogens is 2. The van der Waals surface area contributed by atoms with Crippen LogP contribution < -0.4 is 0 Å². The highest BCUT2D eigenvalue weighted by Crippen LogP contribution is 2.31. The van der Waals surface area contributed by atoms with Crippen LogP contribution in [0.1, 0.15) is 5.56 Å². The van der Waals surface area contributed by atoms with Gasteiger partial charge in [0.15, 0.2) is 0 Å². The largest absolute Gasteiger partial charge is 0.478 e. The lowest BCUT2D eigenvalue weighted by Crippen LogP contribution is -1.93. The quantitative estimate of drug-likeness (QED) is 0.515. The molecule has 1 aromatic carbocycles. The van der Waals surface area contributed by atoms with Crippen molar-refractivity contribution < 1.29 is 14.8 Å². The van der Waals surface area contributed by atoms with Crippen molar-refractivity contribution in [3.05, 3.63) is 43.9 Å². The summed E-state index contributed by atoms with van der Waals surface area (Å²) in [5, 5.41) is 19.2. The van der Waals surface area contributed by atoms with E-state index in [9.17, 15) is 14.9 Å². The Morgan fingerprint density at radius 2 is 2.06 bits per heavy atom. The van der Waals surface area contributed by atoms with E-state index in [-0.39, 0.29) is 21.3 Å². The second-order valence-electron chi connectivity index (χ2n) is 2.75. The van der Waals surface area contributed by atoms with Crippen molar-refractivity contribution in [2.24, 2.45) is 0 Å². The third-order valence-electron chi connectivity index (χ3n) is 1.66. The molecular weight excluding hydrogens is 257 g/mol. The molecule has 0 saturated heterocycles. The van der Waals surface area contributed by atoms with Gasteiger partial charge in [0.05, 0.1) is 15.5 Å². The molecule has 5 nitrogen and oxygen atoms in total. The highest BCUT2D eigenvalue weighted by molar-refractivity contribution is 6.36. The molecule has 16 heavy (non-hydrogen) atoms. The fourth-order valence-corrected chi connectivity index (χ4v) is 1.59. The highest BCUT2D eigenvalue weighted by Gasteiger charge is 2.16. The molecule has 84 valence electrons. The number of nitrogens with zero attached hydrogens (tertiary/aromatic N) is 1. The Balaban J connectivity index is 3.35. The van der Waals surface area contributed by atoms with Crippen LogP contribution in [0.2, 0.25) is 10.0 Å². The maximum Gasteiger partial charge on any atom is 0.328 e. The van der Waals surface area contributed by atoms with E-state index in [1.54, 1.807) is 0 Å². The number of benzene rings is 1. The predicted octanol–water partition coefficient (Wildman–Crippen LogP) is 3.00. The van der Waals surface area contributed by atoms with E-state index in [1.165, 1.54) is 6.07 Å². The van der Waals surface area contributed by atoms with Gasteiger partial charge in [0.25, 0.3) is 5.69 Å². The van der Waals surface area contributed by atoms with Gasteiger partial charge in [-0.1, -0.05) is 23.2 Å². The van der Waals surface area contributed by atoms with E-state index in [4.69, 9.17) is 28.3 Å². The number of aliphatic carboxylic acids is 1. The van der Waals surface area contributed by atoms with Crippen molar-refractivity contribution in [1.29, 1.82) is 0 Å². The number of nitro benzene ring substituents is 1. The Morgan fingerprint density at radius 1 is 1.44 bits per heavy atom. The fraction of sp³-hybridized carbons (Fsp3) is 0. The van der Waals surface area contributed by atoms with E-state index >= 15 is 0 Å². The molecule has 0 saturated carbocycles. The molecule has 0 aliphatic rings. The molecule has 0 bridgehead atoms. The summed E-state index contributed by atoms with van der Waals surface area (Å²) in [5.74, 6) is -1.22. The zero-order chi connectivity index (χ0) is 12.3. The molecule has 7 heteroatoms. The SMILES string of the molecule is O=C(O)/C=C/c1c(Cl)cc(Cl)cc1[N+](=O)[O-].